The van der Waals surface area contributed by atoms with Crippen LogP contribution >= 0.6 is 11.3 Å². The van der Waals surface area contributed by atoms with Gasteiger partial charge in [0.1, 0.15) is 10.0 Å². The van der Waals surface area contributed by atoms with Crippen LogP contribution in [0.15, 0.2) is 52.9 Å². The van der Waals surface area contributed by atoms with Crippen molar-refractivity contribution in [3.8, 4) is 0 Å². The number of aryl methyl sites for hydroxylation is 1. The Kier molecular flexibility index (Phi) is 5.48. The monoisotopic (exact) mass is 474 g/mol. The number of anilines is 2. The van der Waals surface area contributed by atoms with E-state index in [9.17, 15) is 27.2 Å². The maximum atomic E-state index is 13.1. The van der Waals surface area contributed by atoms with Crippen molar-refractivity contribution in [3.05, 3.63) is 70.5 Å². The molecule has 2 N–H and O–H groups in total. The van der Waals surface area contributed by atoms with Crippen molar-refractivity contribution in [2.75, 3.05) is 10.2 Å². The molecule has 32 heavy (non-hydrogen) atoms. The summed E-state index contributed by atoms with van der Waals surface area (Å²) in [5, 5.41) is 1.58. The standard InChI is InChI=1S/C20H15FN4O5S2/c1-11-2-4-14-12(8-11)9-17(26)25(19(14)27)16-6-3-13(10-22-16)23-20(28)24-32(29,30)18-7-5-15(21)31-18/h2-8,10H,9H2,1H3,(H2,23,24,28). The third kappa shape index (κ3) is 4.22. The number of benzene rings is 1. The fourth-order valence-electron chi connectivity index (χ4n) is 3.15. The first-order valence-corrected chi connectivity index (χ1v) is 11.5. The second-order valence-corrected chi connectivity index (χ2v) is 9.84. The van der Waals surface area contributed by atoms with E-state index in [1.54, 1.807) is 22.9 Å². The number of pyridine rings is 1. The van der Waals surface area contributed by atoms with Crippen molar-refractivity contribution in [2.45, 2.75) is 17.6 Å². The third-order valence-corrected chi connectivity index (χ3v) is 7.26. The number of nitrogens with one attached hydrogen (secondary N) is 2. The van der Waals surface area contributed by atoms with E-state index >= 15 is 0 Å². The molecule has 0 spiro atoms. The minimum absolute atomic E-state index is 0.0496. The Balaban J connectivity index is 1.47. The Morgan fingerprint density at radius 1 is 1.16 bits per heavy atom. The number of halogens is 1. The van der Waals surface area contributed by atoms with Crippen molar-refractivity contribution < 1.29 is 27.2 Å². The van der Waals surface area contributed by atoms with Crippen molar-refractivity contribution in [1.29, 1.82) is 0 Å². The van der Waals surface area contributed by atoms with Crippen LogP contribution in [0.5, 0.6) is 0 Å². The molecule has 0 radical (unpaired) electrons. The molecule has 1 aromatic carbocycles. The lowest BCUT2D eigenvalue weighted by molar-refractivity contribution is -0.117. The van der Waals surface area contributed by atoms with E-state index in [1.165, 1.54) is 18.3 Å². The SMILES string of the molecule is Cc1ccc2c(c1)CC(=O)N(c1ccc(NC(=O)NS(=O)(=O)c3ccc(F)s3)cn1)C2=O. The van der Waals surface area contributed by atoms with Gasteiger partial charge in [-0.05, 0) is 42.8 Å². The van der Waals surface area contributed by atoms with Gasteiger partial charge in [0.2, 0.25) is 5.91 Å². The molecule has 4 rings (SSSR count). The van der Waals surface area contributed by atoms with Gasteiger partial charge in [-0.25, -0.2) is 27.8 Å². The first-order chi connectivity index (χ1) is 15.1. The van der Waals surface area contributed by atoms with E-state index in [4.69, 9.17) is 0 Å². The molecular formula is C20H15FN4O5S2. The van der Waals surface area contributed by atoms with Crippen molar-refractivity contribution in [1.82, 2.24) is 9.71 Å². The highest BCUT2D eigenvalue weighted by molar-refractivity contribution is 7.92. The number of thiophene rings is 1. The smallest absolute Gasteiger partial charge is 0.306 e. The molecule has 0 saturated heterocycles. The van der Waals surface area contributed by atoms with Gasteiger partial charge in [0, 0.05) is 5.56 Å². The Labute approximate surface area is 185 Å². The lowest BCUT2D eigenvalue weighted by atomic mass is 9.96. The highest BCUT2D eigenvalue weighted by Gasteiger charge is 2.33. The maximum Gasteiger partial charge on any atom is 0.333 e. The van der Waals surface area contributed by atoms with E-state index in [1.807, 2.05) is 6.92 Å². The van der Waals surface area contributed by atoms with Crippen molar-refractivity contribution in [2.24, 2.45) is 0 Å². The van der Waals surface area contributed by atoms with E-state index in [0.29, 0.717) is 22.5 Å². The van der Waals surface area contributed by atoms with Crippen LogP contribution in [0.3, 0.4) is 0 Å². The molecule has 0 fully saturated rings. The fraction of sp³-hybridized carbons (Fsp3) is 0.100. The number of hydrogen-bond donors (Lipinski definition) is 2. The highest BCUT2D eigenvalue weighted by atomic mass is 32.2. The molecule has 12 heteroatoms. The maximum absolute atomic E-state index is 13.1. The van der Waals surface area contributed by atoms with E-state index in [2.05, 4.69) is 10.3 Å². The molecule has 2 aromatic heterocycles. The molecule has 0 bridgehead atoms. The number of sulfonamides is 1. The van der Waals surface area contributed by atoms with Gasteiger partial charge in [-0.3, -0.25) is 9.59 Å². The molecule has 0 aliphatic carbocycles. The average Bonchev–Trinajstić information content (AvgIpc) is 3.16. The summed E-state index contributed by atoms with van der Waals surface area (Å²) in [6, 6.07) is 8.89. The first kappa shape index (κ1) is 21.6. The molecule has 3 heterocycles. The molecular weight excluding hydrogens is 459 g/mol. The normalized spacial score (nSPS) is 13.6. The predicted octanol–water partition coefficient (Wildman–Crippen LogP) is 2.83. The van der Waals surface area contributed by atoms with E-state index < -0.39 is 33.0 Å². The highest BCUT2D eigenvalue weighted by Crippen LogP contribution is 2.26. The summed E-state index contributed by atoms with van der Waals surface area (Å²) in [7, 11) is -4.23. The molecule has 0 unspecified atom stereocenters. The number of carbonyl (C=O) groups is 3. The Morgan fingerprint density at radius 3 is 2.59 bits per heavy atom. The molecule has 0 saturated carbocycles. The number of nitrogens with zero attached hydrogens (tertiary/aromatic N) is 2. The lowest BCUT2D eigenvalue weighted by Crippen LogP contribution is -2.43. The van der Waals surface area contributed by atoms with Crippen LogP contribution in [-0.4, -0.2) is 31.2 Å². The summed E-state index contributed by atoms with van der Waals surface area (Å²) in [5.74, 6) is -0.872. The molecule has 9 nitrogen and oxygen atoms in total. The molecule has 164 valence electrons. The third-order valence-electron chi connectivity index (χ3n) is 4.56. The van der Waals surface area contributed by atoms with Gasteiger partial charge in [0.25, 0.3) is 15.9 Å². The average molecular weight is 474 g/mol. The zero-order valence-corrected chi connectivity index (χ0v) is 18.1. The van der Waals surface area contributed by atoms with Crippen LogP contribution in [-0.2, 0) is 21.2 Å². The minimum atomic E-state index is -4.23. The second kappa shape index (κ2) is 8.13. The van der Waals surface area contributed by atoms with Crippen LogP contribution in [0, 0.1) is 12.1 Å². The van der Waals surface area contributed by atoms with Gasteiger partial charge in [-0.1, -0.05) is 29.0 Å². The van der Waals surface area contributed by atoms with Crippen LogP contribution in [0.25, 0.3) is 0 Å². The molecule has 0 atom stereocenters. The molecule has 1 aliphatic heterocycles. The topological polar surface area (TPSA) is 126 Å². The van der Waals surface area contributed by atoms with Crippen LogP contribution in [0.2, 0.25) is 0 Å². The summed E-state index contributed by atoms with van der Waals surface area (Å²) in [6.45, 7) is 1.87. The molecule has 4 amide bonds. The number of imide groups is 1. The minimum Gasteiger partial charge on any atom is -0.306 e. The zero-order valence-electron chi connectivity index (χ0n) is 16.5. The van der Waals surface area contributed by atoms with Gasteiger partial charge in [0.15, 0.2) is 5.13 Å². The number of hydrogen-bond acceptors (Lipinski definition) is 7. The largest absolute Gasteiger partial charge is 0.333 e. The van der Waals surface area contributed by atoms with Gasteiger partial charge >= 0.3 is 6.03 Å². The quantitative estimate of drug-likeness (QED) is 0.560. The Morgan fingerprint density at radius 2 is 1.94 bits per heavy atom. The number of urea groups is 1. The summed E-state index contributed by atoms with van der Waals surface area (Å²) in [6.07, 6.45) is 1.23. The number of carbonyl (C=O) groups excluding carboxylic acids is 3. The van der Waals surface area contributed by atoms with Gasteiger partial charge in [-0.2, -0.15) is 4.39 Å². The van der Waals surface area contributed by atoms with Crippen molar-refractivity contribution in [3.63, 3.8) is 0 Å². The van der Waals surface area contributed by atoms with Crippen LogP contribution < -0.4 is 14.9 Å². The van der Waals surface area contributed by atoms with Gasteiger partial charge in [0.05, 0.1) is 18.3 Å². The number of fused-ring (bicyclic) bond motifs is 1. The van der Waals surface area contributed by atoms with Crippen LogP contribution in [0.1, 0.15) is 21.5 Å². The van der Waals surface area contributed by atoms with Gasteiger partial charge < -0.3 is 5.32 Å². The second-order valence-electron chi connectivity index (χ2n) is 6.89. The number of aromatic nitrogens is 1. The summed E-state index contributed by atoms with van der Waals surface area (Å²) in [4.78, 5) is 42.3. The summed E-state index contributed by atoms with van der Waals surface area (Å²) in [5.41, 5.74) is 2.12. The molecule has 3 aromatic rings. The lowest BCUT2D eigenvalue weighted by Gasteiger charge is -2.26. The zero-order chi connectivity index (χ0) is 23.0. The van der Waals surface area contributed by atoms with Crippen LogP contribution in [0.4, 0.5) is 20.7 Å². The number of rotatable bonds is 4. The fourth-order valence-corrected chi connectivity index (χ4v) is 5.06. The Hall–Kier alpha value is -3.64. The van der Waals surface area contributed by atoms with Crippen molar-refractivity contribution >= 4 is 50.7 Å². The predicted molar refractivity (Wildman–Crippen MR) is 115 cm³/mol. The number of amides is 4. The van der Waals surface area contributed by atoms with Gasteiger partial charge in [-0.15, -0.1) is 0 Å². The first-order valence-electron chi connectivity index (χ1n) is 9.16. The van der Waals surface area contributed by atoms with E-state index in [-0.39, 0.29) is 22.1 Å². The Bertz CT molecular complexity index is 1350. The summed E-state index contributed by atoms with van der Waals surface area (Å²) < 4.78 is 38.6. The molecule has 1 aliphatic rings. The van der Waals surface area contributed by atoms with E-state index in [0.717, 1.165) is 22.6 Å². The summed E-state index contributed by atoms with van der Waals surface area (Å²) >= 11 is 0.378.